The number of morpholine rings is 1. The first-order valence-electron chi connectivity index (χ1n) is 8.60. The molecular weight excluding hydrogens is 418 g/mol. The molecule has 2 aromatic rings. The lowest BCUT2D eigenvalue weighted by atomic mass is 10.0. The van der Waals surface area contributed by atoms with Crippen molar-refractivity contribution in [1.29, 1.82) is 0 Å². The van der Waals surface area contributed by atoms with Crippen LogP contribution in [0.3, 0.4) is 0 Å². The van der Waals surface area contributed by atoms with E-state index in [0.717, 1.165) is 22.3 Å². The van der Waals surface area contributed by atoms with Crippen LogP contribution < -0.4 is 4.74 Å². The zero-order valence-electron chi connectivity index (χ0n) is 14.8. The fourth-order valence-corrected chi connectivity index (χ4v) is 3.41. The van der Waals surface area contributed by atoms with Crippen LogP contribution in [0, 0.1) is 0 Å². The molecule has 1 aliphatic heterocycles. The molecule has 1 N–H and O–H groups in total. The Morgan fingerprint density at radius 1 is 1.19 bits per heavy atom. The number of hydrogen-bond acceptors (Lipinski definition) is 4. The first kappa shape index (κ1) is 21.2. The molecule has 0 spiro atoms. The Hall–Kier alpha value is -1.11. The molecular formula is C20H25BrClNO3. The van der Waals surface area contributed by atoms with E-state index in [-0.39, 0.29) is 31.2 Å². The maximum Gasteiger partial charge on any atom is 0.119 e. The van der Waals surface area contributed by atoms with Gasteiger partial charge in [-0.25, -0.2) is 0 Å². The molecule has 4 nitrogen and oxygen atoms in total. The summed E-state index contributed by atoms with van der Waals surface area (Å²) in [6, 6.07) is 18.0. The highest BCUT2D eigenvalue weighted by Crippen LogP contribution is 2.29. The van der Waals surface area contributed by atoms with Gasteiger partial charge in [0.2, 0.25) is 0 Å². The van der Waals surface area contributed by atoms with Crippen molar-refractivity contribution in [3.8, 4) is 5.75 Å². The lowest BCUT2D eigenvalue weighted by Gasteiger charge is -2.40. The highest BCUT2D eigenvalue weighted by Gasteiger charge is 2.31. The number of halogens is 2. The van der Waals surface area contributed by atoms with Gasteiger partial charge in [0.1, 0.15) is 18.5 Å². The summed E-state index contributed by atoms with van der Waals surface area (Å²) in [5, 5.41) is 10.4. The van der Waals surface area contributed by atoms with E-state index < -0.39 is 6.10 Å². The summed E-state index contributed by atoms with van der Waals surface area (Å²) in [6.07, 6.45) is -0.518. The van der Waals surface area contributed by atoms with E-state index in [4.69, 9.17) is 9.47 Å². The molecule has 3 atom stereocenters. The van der Waals surface area contributed by atoms with Gasteiger partial charge in [-0.05, 0) is 36.8 Å². The Morgan fingerprint density at radius 3 is 2.58 bits per heavy atom. The first-order valence-corrected chi connectivity index (χ1v) is 9.40. The SMILES string of the molecule is CC1C(c2ccc(Br)cc2)OCCN1CC(O)COc1ccccc1.Cl. The van der Waals surface area contributed by atoms with Crippen molar-refractivity contribution in [2.75, 3.05) is 26.3 Å². The molecule has 1 heterocycles. The second-order valence-corrected chi connectivity index (χ2v) is 7.27. The number of rotatable bonds is 6. The Morgan fingerprint density at radius 2 is 1.88 bits per heavy atom. The largest absolute Gasteiger partial charge is 0.491 e. The third-order valence-corrected chi connectivity index (χ3v) is 5.05. The van der Waals surface area contributed by atoms with Gasteiger partial charge in [-0.1, -0.05) is 46.3 Å². The lowest BCUT2D eigenvalue weighted by Crippen LogP contribution is -2.49. The molecule has 0 bridgehead atoms. The van der Waals surface area contributed by atoms with Gasteiger partial charge in [0.05, 0.1) is 12.7 Å². The number of aliphatic hydroxyl groups is 1. The highest BCUT2D eigenvalue weighted by atomic mass is 79.9. The van der Waals surface area contributed by atoms with E-state index in [1.165, 1.54) is 0 Å². The van der Waals surface area contributed by atoms with Gasteiger partial charge in [0.25, 0.3) is 0 Å². The third kappa shape index (κ3) is 5.69. The highest BCUT2D eigenvalue weighted by molar-refractivity contribution is 9.10. The number of nitrogens with zero attached hydrogens (tertiary/aromatic N) is 1. The molecule has 0 radical (unpaired) electrons. The van der Waals surface area contributed by atoms with E-state index in [9.17, 15) is 5.11 Å². The Bertz CT molecular complexity index is 656. The van der Waals surface area contributed by atoms with Crippen LogP contribution >= 0.6 is 28.3 Å². The summed E-state index contributed by atoms with van der Waals surface area (Å²) in [7, 11) is 0. The number of ether oxygens (including phenoxy) is 2. The van der Waals surface area contributed by atoms with Gasteiger partial charge in [-0.2, -0.15) is 0 Å². The van der Waals surface area contributed by atoms with E-state index in [0.29, 0.717) is 13.2 Å². The number of aliphatic hydroxyl groups excluding tert-OH is 1. The van der Waals surface area contributed by atoms with Crippen LogP contribution in [0.4, 0.5) is 0 Å². The van der Waals surface area contributed by atoms with Gasteiger partial charge in [0.15, 0.2) is 0 Å². The second-order valence-electron chi connectivity index (χ2n) is 6.36. The molecule has 6 heteroatoms. The summed E-state index contributed by atoms with van der Waals surface area (Å²) in [5.41, 5.74) is 1.16. The summed E-state index contributed by atoms with van der Waals surface area (Å²) in [5.74, 6) is 0.782. The summed E-state index contributed by atoms with van der Waals surface area (Å²) >= 11 is 3.47. The fraction of sp³-hybridized carbons (Fsp3) is 0.400. The molecule has 1 aliphatic rings. The van der Waals surface area contributed by atoms with E-state index in [2.05, 4.69) is 39.9 Å². The van der Waals surface area contributed by atoms with Crippen molar-refractivity contribution < 1.29 is 14.6 Å². The van der Waals surface area contributed by atoms with Crippen LogP contribution in [0.25, 0.3) is 0 Å². The second kappa shape index (κ2) is 10.3. The molecule has 142 valence electrons. The van der Waals surface area contributed by atoms with Crippen molar-refractivity contribution in [2.45, 2.75) is 25.2 Å². The molecule has 2 aromatic carbocycles. The molecule has 1 fully saturated rings. The third-order valence-electron chi connectivity index (χ3n) is 4.52. The van der Waals surface area contributed by atoms with Gasteiger partial charge in [-0.3, -0.25) is 4.90 Å². The summed E-state index contributed by atoms with van der Waals surface area (Å²) in [4.78, 5) is 2.27. The van der Waals surface area contributed by atoms with Crippen molar-refractivity contribution in [2.24, 2.45) is 0 Å². The number of hydrogen-bond donors (Lipinski definition) is 1. The van der Waals surface area contributed by atoms with Gasteiger partial charge in [0, 0.05) is 23.6 Å². The first-order chi connectivity index (χ1) is 12.1. The molecule has 26 heavy (non-hydrogen) atoms. The smallest absolute Gasteiger partial charge is 0.119 e. The minimum Gasteiger partial charge on any atom is -0.491 e. The molecule has 3 unspecified atom stereocenters. The molecule has 0 saturated carbocycles. The zero-order valence-corrected chi connectivity index (χ0v) is 17.2. The summed E-state index contributed by atoms with van der Waals surface area (Å²) < 4.78 is 12.7. The molecule has 1 saturated heterocycles. The average molecular weight is 443 g/mol. The summed E-state index contributed by atoms with van der Waals surface area (Å²) in [6.45, 7) is 4.49. The van der Waals surface area contributed by atoms with Crippen LogP contribution in [-0.4, -0.2) is 48.5 Å². The Labute approximate surface area is 169 Å². The fourth-order valence-electron chi connectivity index (χ4n) is 3.15. The quantitative estimate of drug-likeness (QED) is 0.732. The molecule has 3 rings (SSSR count). The van der Waals surface area contributed by atoms with Gasteiger partial charge in [-0.15, -0.1) is 12.4 Å². The molecule has 0 aromatic heterocycles. The van der Waals surface area contributed by atoms with E-state index in [1.54, 1.807) is 0 Å². The lowest BCUT2D eigenvalue weighted by molar-refractivity contribution is -0.0804. The van der Waals surface area contributed by atoms with E-state index >= 15 is 0 Å². The molecule has 0 amide bonds. The average Bonchev–Trinajstić information content (AvgIpc) is 2.63. The minimum absolute atomic E-state index is 0. The maximum atomic E-state index is 10.4. The molecule has 0 aliphatic carbocycles. The van der Waals surface area contributed by atoms with Gasteiger partial charge >= 0.3 is 0 Å². The predicted molar refractivity (Wildman–Crippen MR) is 109 cm³/mol. The van der Waals surface area contributed by atoms with Gasteiger partial charge < -0.3 is 14.6 Å². The maximum absolute atomic E-state index is 10.4. The Balaban J connectivity index is 0.00000243. The number of para-hydroxylation sites is 1. The van der Waals surface area contributed by atoms with Crippen LogP contribution in [0.2, 0.25) is 0 Å². The van der Waals surface area contributed by atoms with Crippen LogP contribution in [0.1, 0.15) is 18.6 Å². The van der Waals surface area contributed by atoms with Crippen molar-refractivity contribution in [3.63, 3.8) is 0 Å². The number of benzene rings is 2. The van der Waals surface area contributed by atoms with Crippen molar-refractivity contribution >= 4 is 28.3 Å². The van der Waals surface area contributed by atoms with Crippen molar-refractivity contribution in [3.05, 3.63) is 64.6 Å². The van der Waals surface area contributed by atoms with Crippen LogP contribution in [-0.2, 0) is 4.74 Å². The van der Waals surface area contributed by atoms with Crippen LogP contribution in [0.15, 0.2) is 59.1 Å². The Kier molecular flexibility index (Phi) is 8.38. The standard InChI is InChI=1S/C20H24BrNO3.ClH/c1-15-20(16-7-9-17(21)10-8-16)24-12-11-22(15)13-18(23)14-25-19-5-3-2-4-6-19;/h2-10,15,18,20,23H,11-14H2,1H3;1H. The number of β-amino-alcohol motifs (C(OH)–C–C–N with tert-alkyl or cyclic N) is 1. The van der Waals surface area contributed by atoms with Crippen molar-refractivity contribution in [1.82, 2.24) is 4.90 Å². The monoisotopic (exact) mass is 441 g/mol. The minimum atomic E-state index is -0.536. The predicted octanol–water partition coefficient (Wildman–Crippen LogP) is 4.07. The van der Waals surface area contributed by atoms with E-state index in [1.807, 2.05) is 42.5 Å². The van der Waals surface area contributed by atoms with Crippen LogP contribution in [0.5, 0.6) is 5.75 Å². The zero-order chi connectivity index (χ0) is 17.6. The topological polar surface area (TPSA) is 41.9 Å². The normalized spacial score (nSPS) is 21.7.